The SMILES string of the molecule is OCCN(CCO)CCOc1ccccc1. The van der Waals surface area contributed by atoms with Crippen LogP contribution in [0.5, 0.6) is 5.75 Å². The molecule has 16 heavy (non-hydrogen) atoms. The van der Waals surface area contributed by atoms with Gasteiger partial charge in [0.25, 0.3) is 0 Å². The molecule has 0 aliphatic carbocycles. The first-order valence-corrected chi connectivity index (χ1v) is 5.48. The van der Waals surface area contributed by atoms with Gasteiger partial charge in [0.2, 0.25) is 0 Å². The van der Waals surface area contributed by atoms with E-state index in [1.54, 1.807) is 0 Å². The van der Waals surface area contributed by atoms with Gasteiger partial charge in [0.1, 0.15) is 12.4 Å². The molecule has 2 N–H and O–H groups in total. The van der Waals surface area contributed by atoms with Gasteiger partial charge in [-0.3, -0.25) is 4.90 Å². The Morgan fingerprint density at radius 1 is 0.938 bits per heavy atom. The lowest BCUT2D eigenvalue weighted by atomic mass is 10.3. The van der Waals surface area contributed by atoms with E-state index in [9.17, 15) is 0 Å². The van der Waals surface area contributed by atoms with E-state index in [0.29, 0.717) is 26.2 Å². The maximum absolute atomic E-state index is 8.82. The molecule has 4 nitrogen and oxygen atoms in total. The van der Waals surface area contributed by atoms with Gasteiger partial charge in [-0.2, -0.15) is 0 Å². The van der Waals surface area contributed by atoms with Gasteiger partial charge in [-0.05, 0) is 12.1 Å². The Kier molecular flexibility index (Phi) is 6.56. The summed E-state index contributed by atoms with van der Waals surface area (Å²) in [5.41, 5.74) is 0. The number of aliphatic hydroxyl groups excluding tert-OH is 2. The minimum Gasteiger partial charge on any atom is -0.492 e. The molecule has 0 radical (unpaired) electrons. The van der Waals surface area contributed by atoms with Crippen molar-refractivity contribution in [1.82, 2.24) is 4.90 Å². The van der Waals surface area contributed by atoms with Gasteiger partial charge >= 0.3 is 0 Å². The molecule has 0 atom stereocenters. The summed E-state index contributed by atoms with van der Waals surface area (Å²) >= 11 is 0. The highest BCUT2D eigenvalue weighted by molar-refractivity contribution is 5.20. The lowest BCUT2D eigenvalue weighted by Crippen LogP contribution is -2.33. The Hall–Kier alpha value is -1.10. The highest BCUT2D eigenvalue weighted by Gasteiger charge is 2.03. The van der Waals surface area contributed by atoms with Crippen molar-refractivity contribution in [3.63, 3.8) is 0 Å². The van der Waals surface area contributed by atoms with Crippen molar-refractivity contribution < 1.29 is 14.9 Å². The maximum Gasteiger partial charge on any atom is 0.119 e. The topological polar surface area (TPSA) is 52.9 Å². The van der Waals surface area contributed by atoms with E-state index in [1.165, 1.54) is 0 Å². The Morgan fingerprint density at radius 3 is 2.12 bits per heavy atom. The van der Waals surface area contributed by atoms with Crippen LogP contribution in [0.2, 0.25) is 0 Å². The van der Waals surface area contributed by atoms with Crippen LogP contribution in [0.25, 0.3) is 0 Å². The number of nitrogens with zero attached hydrogens (tertiary/aromatic N) is 1. The van der Waals surface area contributed by atoms with Crippen molar-refractivity contribution in [2.45, 2.75) is 0 Å². The van der Waals surface area contributed by atoms with Crippen molar-refractivity contribution in [1.29, 1.82) is 0 Å². The molecule has 0 bridgehead atoms. The van der Waals surface area contributed by atoms with Crippen LogP contribution in [-0.4, -0.2) is 54.6 Å². The predicted octanol–water partition coefficient (Wildman–Crippen LogP) is 0.352. The van der Waals surface area contributed by atoms with Crippen LogP contribution >= 0.6 is 0 Å². The molecule has 0 aromatic heterocycles. The van der Waals surface area contributed by atoms with Crippen molar-refractivity contribution in [3.8, 4) is 5.75 Å². The van der Waals surface area contributed by atoms with Crippen LogP contribution in [0, 0.1) is 0 Å². The molecule has 0 saturated carbocycles. The molecule has 0 spiro atoms. The van der Waals surface area contributed by atoms with Crippen molar-refractivity contribution >= 4 is 0 Å². The number of aliphatic hydroxyl groups is 2. The average molecular weight is 225 g/mol. The fraction of sp³-hybridized carbons (Fsp3) is 0.500. The molecule has 0 aliphatic heterocycles. The summed E-state index contributed by atoms with van der Waals surface area (Å²) < 4.78 is 5.52. The fourth-order valence-corrected chi connectivity index (χ4v) is 1.43. The van der Waals surface area contributed by atoms with E-state index in [2.05, 4.69) is 0 Å². The largest absolute Gasteiger partial charge is 0.492 e. The molecular formula is C12H19NO3. The second-order valence-electron chi connectivity index (χ2n) is 3.45. The third-order valence-corrected chi connectivity index (χ3v) is 2.25. The highest BCUT2D eigenvalue weighted by Crippen LogP contribution is 2.07. The second kappa shape index (κ2) is 8.10. The van der Waals surface area contributed by atoms with Gasteiger partial charge in [-0.1, -0.05) is 18.2 Å². The number of hydrogen-bond acceptors (Lipinski definition) is 4. The zero-order valence-electron chi connectivity index (χ0n) is 9.38. The second-order valence-corrected chi connectivity index (χ2v) is 3.45. The monoisotopic (exact) mass is 225 g/mol. The van der Waals surface area contributed by atoms with Gasteiger partial charge in [0.05, 0.1) is 13.2 Å². The Bertz CT molecular complexity index is 260. The minimum atomic E-state index is 0.103. The number of ether oxygens (including phenoxy) is 1. The van der Waals surface area contributed by atoms with E-state index in [-0.39, 0.29) is 13.2 Å². The van der Waals surface area contributed by atoms with E-state index in [1.807, 2.05) is 35.2 Å². The molecule has 4 heteroatoms. The first-order valence-electron chi connectivity index (χ1n) is 5.48. The molecular weight excluding hydrogens is 206 g/mol. The summed E-state index contributed by atoms with van der Waals surface area (Å²) in [6.07, 6.45) is 0. The smallest absolute Gasteiger partial charge is 0.119 e. The maximum atomic E-state index is 8.82. The first-order chi connectivity index (χ1) is 7.86. The summed E-state index contributed by atoms with van der Waals surface area (Å²) in [6, 6.07) is 9.60. The van der Waals surface area contributed by atoms with Crippen LogP contribution in [0.3, 0.4) is 0 Å². The molecule has 0 amide bonds. The predicted molar refractivity (Wildman–Crippen MR) is 62.5 cm³/mol. The molecule has 90 valence electrons. The van der Waals surface area contributed by atoms with Crippen molar-refractivity contribution in [2.24, 2.45) is 0 Å². The number of hydrogen-bond donors (Lipinski definition) is 2. The molecule has 0 heterocycles. The highest BCUT2D eigenvalue weighted by atomic mass is 16.5. The van der Waals surface area contributed by atoms with Gasteiger partial charge in [0.15, 0.2) is 0 Å². The molecule has 0 aliphatic rings. The van der Waals surface area contributed by atoms with Crippen LogP contribution < -0.4 is 4.74 Å². The van der Waals surface area contributed by atoms with Crippen LogP contribution in [0.4, 0.5) is 0 Å². The molecule has 0 saturated heterocycles. The summed E-state index contributed by atoms with van der Waals surface area (Å²) in [5, 5.41) is 17.6. The standard InChI is InChI=1S/C12H19NO3/c14-9-6-13(7-10-15)8-11-16-12-4-2-1-3-5-12/h1-5,14-15H,6-11H2. The number of para-hydroxylation sites is 1. The Balaban J connectivity index is 2.22. The Labute approximate surface area is 96.1 Å². The summed E-state index contributed by atoms with van der Waals surface area (Å²) in [5.74, 6) is 0.843. The van der Waals surface area contributed by atoms with Gasteiger partial charge < -0.3 is 14.9 Å². The van der Waals surface area contributed by atoms with E-state index in [0.717, 1.165) is 5.75 Å². The van der Waals surface area contributed by atoms with Crippen molar-refractivity contribution in [2.75, 3.05) is 39.5 Å². The lowest BCUT2D eigenvalue weighted by Gasteiger charge is -2.19. The van der Waals surface area contributed by atoms with Crippen molar-refractivity contribution in [3.05, 3.63) is 30.3 Å². The fourth-order valence-electron chi connectivity index (χ4n) is 1.43. The molecule has 0 fully saturated rings. The summed E-state index contributed by atoms with van der Waals surface area (Å²) in [7, 11) is 0. The normalized spacial score (nSPS) is 10.7. The average Bonchev–Trinajstić information content (AvgIpc) is 2.31. The minimum absolute atomic E-state index is 0.103. The number of benzene rings is 1. The quantitative estimate of drug-likeness (QED) is 0.670. The molecule has 0 unspecified atom stereocenters. The molecule has 1 aromatic rings. The molecule has 1 rings (SSSR count). The summed E-state index contributed by atoms with van der Waals surface area (Å²) in [4.78, 5) is 1.96. The third-order valence-electron chi connectivity index (χ3n) is 2.25. The van der Waals surface area contributed by atoms with Gasteiger partial charge in [-0.15, -0.1) is 0 Å². The van der Waals surface area contributed by atoms with E-state index < -0.39 is 0 Å². The Morgan fingerprint density at radius 2 is 1.56 bits per heavy atom. The van der Waals surface area contributed by atoms with Gasteiger partial charge in [0, 0.05) is 19.6 Å². The van der Waals surface area contributed by atoms with E-state index in [4.69, 9.17) is 14.9 Å². The first kappa shape index (κ1) is 13.0. The van der Waals surface area contributed by atoms with Crippen LogP contribution in [0.15, 0.2) is 30.3 Å². The van der Waals surface area contributed by atoms with Gasteiger partial charge in [-0.25, -0.2) is 0 Å². The van der Waals surface area contributed by atoms with Crippen LogP contribution in [-0.2, 0) is 0 Å². The summed E-state index contributed by atoms with van der Waals surface area (Å²) in [6.45, 7) is 2.61. The zero-order valence-corrected chi connectivity index (χ0v) is 9.38. The number of rotatable bonds is 8. The lowest BCUT2D eigenvalue weighted by molar-refractivity contribution is 0.141. The zero-order chi connectivity index (χ0) is 11.6. The van der Waals surface area contributed by atoms with E-state index >= 15 is 0 Å². The van der Waals surface area contributed by atoms with Crippen LogP contribution in [0.1, 0.15) is 0 Å². The third kappa shape index (κ3) is 5.11. The molecule has 1 aromatic carbocycles.